The van der Waals surface area contributed by atoms with E-state index in [9.17, 15) is 4.79 Å². The maximum Gasteiger partial charge on any atom is 0.251 e. The quantitative estimate of drug-likeness (QED) is 0.786. The van der Waals surface area contributed by atoms with Gasteiger partial charge in [0.15, 0.2) is 0 Å². The van der Waals surface area contributed by atoms with Crippen LogP contribution in [0.15, 0.2) is 42.6 Å². The highest BCUT2D eigenvalue weighted by molar-refractivity contribution is 5.94. The summed E-state index contributed by atoms with van der Waals surface area (Å²) >= 11 is 0. The number of anilines is 1. The molecule has 1 heterocycles. The molecule has 0 bridgehead atoms. The second-order valence-corrected chi connectivity index (χ2v) is 5.17. The van der Waals surface area contributed by atoms with Crippen LogP contribution in [-0.2, 0) is 6.42 Å². The summed E-state index contributed by atoms with van der Waals surface area (Å²) in [4.78, 5) is 16.4. The van der Waals surface area contributed by atoms with Crippen LogP contribution >= 0.6 is 0 Å². The van der Waals surface area contributed by atoms with E-state index in [4.69, 9.17) is 4.74 Å². The minimum atomic E-state index is -0.0955. The number of methoxy groups -OCH3 is 1. The number of amides is 1. The van der Waals surface area contributed by atoms with Gasteiger partial charge in [0.25, 0.3) is 5.91 Å². The Morgan fingerprint density at radius 1 is 1.22 bits per heavy atom. The van der Waals surface area contributed by atoms with E-state index in [2.05, 4.69) is 22.5 Å². The Kier molecular flexibility index (Phi) is 6.41. The van der Waals surface area contributed by atoms with Gasteiger partial charge in [0, 0.05) is 24.8 Å². The third-order valence-electron chi connectivity index (χ3n) is 3.45. The molecule has 0 fully saturated rings. The van der Waals surface area contributed by atoms with Crippen molar-refractivity contribution in [1.82, 2.24) is 10.3 Å². The zero-order valence-corrected chi connectivity index (χ0v) is 13.6. The summed E-state index contributed by atoms with van der Waals surface area (Å²) < 4.78 is 5.31. The highest BCUT2D eigenvalue weighted by Crippen LogP contribution is 2.17. The monoisotopic (exact) mass is 313 g/mol. The van der Waals surface area contributed by atoms with Crippen molar-refractivity contribution < 1.29 is 9.53 Å². The van der Waals surface area contributed by atoms with Gasteiger partial charge in [-0.1, -0.05) is 25.1 Å². The Morgan fingerprint density at radius 3 is 2.83 bits per heavy atom. The molecule has 5 heteroatoms. The largest absolute Gasteiger partial charge is 0.496 e. The molecule has 0 radical (unpaired) electrons. The molecule has 2 N–H and O–H groups in total. The van der Waals surface area contributed by atoms with Gasteiger partial charge in [-0.05, 0) is 36.6 Å². The van der Waals surface area contributed by atoms with Crippen molar-refractivity contribution in [3.8, 4) is 5.75 Å². The van der Waals surface area contributed by atoms with Crippen LogP contribution < -0.4 is 15.4 Å². The molecule has 1 amide bonds. The maximum atomic E-state index is 12.2. The van der Waals surface area contributed by atoms with Crippen molar-refractivity contribution in [3.05, 3.63) is 53.7 Å². The zero-order valence-electron chi connectivity index (χ0n) is 13.6. The van der Waals surface area contributed by atoms with Gasteiger partial charge in [-0.3, -0.25) is 4.79 Å². The van der Waals surface area contributed by atoms with Gasteiger partial charge in [0.1, 0.15) is 11.6 Å². The molecule has 1 aromatic heterocycles. The number of nitrogens with zero attached hydrogens (tertiary/aromatic N) is 1. The molecule has 122 valence electrons. The molecule has 0 saturated carbocycles. The summed E-state index contributed by atoms with van der Waals surface area (Å²) in [7, 11) is 1.65. The predicted octanol–water partition coefficient (Wildman–Crippen LogP) is 2.88. The molecule has 0 aliphatic carbocycles. The van der Waals surface area contributed by atoms with E-state index in [0.29, 0.717) is 12.1 Å². The van der Waals surface area contributed by atoms with Gasteiger partial charge in [-0.15, -0.1) is 0 Å². The number of nitrogens with one attached hydrogen (secondary N) is 2. The van der Waals surface area contributed by atoms with Gasteiger partial charge >= 0.3 is 0 Å². The molecule has 5 nitrogen and oxygen atoms in total. The van der Waals surface area contributed by atoms with E-state index in [1.165, 1.54) is 0 Å². The van der Waals surface area contributed by atoms with E-state index < -0.39 is 0 Å². The Balaban J connectivity index is 1.89. The Morgan fingerprint density at radius 2 is 2.04 bits per heavy atom. The summed E-state index contributed by atoms with van der Waals surface area (Å²) in [6.45, 7) is 3.48. The Bertz CT molecular complexity index is 644. The average Bonchev–Trinajstić information content (AvgIpc) is 2.60. The van der Waals surface area contributed by atoms with Gasteiger partial charge < -0.3 is 15.4 Å². The Hall–Kier alpha value is -2.56. The first-order valence-corrected chi connectivity index (χ1v) is 7.84. The van der Waals surface area contributed by atoms with Gasteiger partial charge in [0.05, 0.1) is 7.11 Å². The first-order chi connectivity index (χ1) is 11.2. The topological polar surface area (TPSA) is 63.2 Å². The maximum absolute atomic E-state index is 12.2. The number of hydrogen-bond acceptors (Lipinski definition) is 4. The van der Waals surface area contributed by atoms with E-state index in [0.717, 1.165) is 36.5 Å². The standard InChI is InChI=1S/C18H23N3O2/c1-3-10-19-17-13-15(9-11-20-17)18(22)21-12-8-14-6-4-5-7-16(14)23-2/h4-7,9,11,13H,3,8,10,12H2,1-2H3,(H,19,20)(H,21,22). The molecular weight excluding hydrogens is 290 g/mol. The van der Waals surface area contributed by atoms with Crippen molar-refractivity contribution in [2.75, 3.05) is 25.5 Å². The minimum Gasteiger partial charge on any atom is -0.496 e. The normalized spacial score (nSPS) is 10.2. The van der Waals surface area contributed by atoms with Crippen LogP contribution in [0.4, 0.5) is 5.82 Å². The van der Waals surface area contributed by atoms with Crippen molar-refractivity contribution in [3.63, 3.8) is 0 Å². The fraction of sp³-hybridized carbons (Fsp3) is 0.333. The first-order valence-electron chi connectivity index (χ1n) is 7.84. The molecule has 0 aliphatic heterocycles. The number of carbonyl (C=O) groups excluding carboxylic acids is 1. The van der Waals surface area contributed by atoms with Crippen LogP contribution in [-0.4, -0.2) is 31.1 Å². The molecule has 1 aromatic carbocycles. The fourth-order valence-corrected chi connectivity index (χ4v) is 2.24. The van der Waals surface area contributed by atoms with E-state index in [1.54, 1.807) is 25.4 Å². The van der Waals surface area contributed by atoms with Crippen molar-refractivity contribution in [2.45, 2.75) is 19.8 Å². The molecule has 23 heavy (non-hydrogen) atoms. The summed E-state index contributed by atoms with van der Waals surface area (Å²) in [6.07, 6.45) is 3.38. The van der Waals surface area contributed by atoms with Crippen molar-refractivity contribution in [2.24, 2.45) is 0 Å². The van der Waals surface area contributed by atoms with Crippen LogP contribution in [0.25, 0.3) is 0 Å². The number of ether oxygens (including phenoxy) is 1. The zero-order chi connectivity index (χ0) is 16.5. The SMILES string of the molecule is CCCNc1cc(C(=O)NCCc2ccccc2OC)ccn1. The predicted molar refractivity (Wildman–Crippen MR) is 92.0 cm³/mol. The minimum absolute atomic E-state index is 0.0955. The third-order valence-corrected chi connectivity index (χ3v) is 3.45. The van der Waals surface area contributed by atoms with Crippen LogP contribution in [0.2, 0.25) is 0 Å². The van der Waals surface area contributed by atoms with Crippen LogP contribution in [0.1, 0.15) is 29.3 Å². The van der Waals surface area contributed by atoms with Crippen LogP contribution in [0, 0.1) is 0 Å². The smallest absolute Gasteiger partial charge is 0.251 e. The highest BCUT2D eigenvalue weighted by Gasteiger charge is 2.07. The third kappa shape index (κ3) is 4.98. The molecular formula is C18H23N3O2. The van der Waals surface area contributed by atoms with Crippen molar-refractivity contribution in [1.29, 1.82) is 0 Å². The Labute approximate surface area is 137 Å². The van der Waals surface area contributed by atoms with E-state index in [1.807, 2.05) is 24.3 Å². The number of aromatic nitrogens is 1. The molecule has 0 unspecified atom stereocenters. The summed E-state index contributed by atoms with van der Waals surface area (Å²) in [6, 6.07) is 11.3. The molecule has 2 rings (SSSR count). The lowest BCUT2D eigenvalue weighted by Gasteiger charge is -2.10. The van der Waals surface area contributed by atoms with Crippen molar-refractivity contribution >= 4 is 11.7 Å². The number of benzene rings is 1. The van der Waals surface area contributed by atoms with E-state index in [-0.39, 0.29) is 5.91 Å². The molecule has 0 aliphatic rings. The fourth-order valence-electron chi connectivity index (χ4n) is 2.24. The summed E-state index contributed by atoms with van der Waals surface area (Å²) in [5.41, 5.74) is 1.69. The van der Waals surface area contributed by atoms with Gasteiger partial charge in [-0.2, -0.15) is 0 Å². The lowest BCUT2D eigenvalue weighted by atomic mass is 10.1. The number of hydrogen-bond donors (Lipinski definition) is 2. The first kappa shape index (κ1) is 16.8. The second-order valence-electron chi connectivity index (χ2n) is 5.17. The van der Waals surface area contributed by atoms with E-state index >= 15 is 0 Å². The molecule has 2 aromatic rings. The number of pyridine rings is 1. The number of carbonyl (C=O) groups is 1. The highest BCUT2D eigenvalue weighted by atomic mass is 16.5. The van der Waals surface area contributed by atoms with Crippen LogP contribution in [0.3, 0.4) is 0 Å². The van der Waals surface area contributed by atoms with Crippen LogP contribution in [0.5, 0.6) is 5.75 Å². The molecule has 0 saturated heterocycles. The summed E-state index contributed by atoms with van der Waals surface area (Å²) in [5, 5.41) is 6.11. The lowest BCUT2D eigenvalue weighted by molar-refractivity contribution is 0.0954. The van der Waals surface area contributed by atoms with Gasteiger partial charge in [0.2, 0.25) is 0 Å². The number of para-hydroxylation sites is 1. The van der Waals surface area contributed by atoms with Gasteiger partial charge in [-0.25, -0.2) is 4.98 Å². The average molecular weight is 313 g/mol. The lowest BCUT2D eigenvalue weighted by Crippen LogP contribution is -2.26. The molecule has 0 spiro atoms. The molecule has 0 atom stereocenters. The number of rotatable bonds is 8. The second kappa shape index (κ2) is 8.78. The summed E-state index contributed by atoms with van der Waals surface area (Å²) in [5.74, 6) is 1.47.